The van der Waals surface area contributed by atoms with Crippen molar-refractivity contribution in [3.8, 4) is 11.5 Å². The number of rotatable bonds is 4. The highest BCUT2D eigenvalue weighted by molar-refractivity contribution is 5.87. The van der Waals surface area contributed by atoms with Gasteiger partial charge in [0.2, 0.25) is 17.7 Å². The average molecular weight is 536 g/mol. The first-order chi connectivity index (χ1) is 18.9. The molecule has 2 aliphatic heterocycles. The number of amides is 3. The quantitative estimate of drug-likeness (QED) is 0.647. The molecule has 208 valence electrons. The van der Waals surface area contributed by atoms with E-state index in [4.69, 9.17) is 14.2 Å². The highest BCUT2D eigenvalue weighted by Crippen LogP contribution is 2.47. The summed E-state index contributed by atoms with van der Waals surface area (Å²) in [5.41, 5.74) is 1.32. The molecule has 2 heterocycles. The first kappa shape index (κ1) is 27.1. The summed E-state index contributed by atoms with van der Waals surface area (Å²) in [5.74, 6) is 0.997. The fourth-order valence-corrected chi connectivity index (χ4v) is 5.48. The molecular weight excluding hydrogens is 498 g/mol. The molecule has 0 unspecified atom stereocenters. The number of likely N-dealkylation sites (N-methyl/N-ethyl adjacent to an activating group) is 1. The molecule has 0 radical (unpaired) electrons. The fraction of sp³-hybridized carbons (Fsp3) is 0.500. The van der Waals surface area contributed by atoms with Crippen LogP contribution in [0.2, 0.25) is 0 Å². The van der Waals surface area contributed by atoms with E-state index in [0.717, 1.165) is 24.0 Å². The maximum atomic E-state index is 13.4. The van der Waals surface area contributed by atoms with Gasteiger partial charge in [-0.3, -0.25) is 14.4 Å². The molecule has 3 amide bonds. The topological polar surface area (TPSA) is 97.4 Å². The molecule has 1 saturated carbocycles. The second-order valence-electron chi connectivity index (χ2n) is 10.8. The number of hydrogen-bond acceptors (Lipinski definition) is 6. The van der Waals surface area contributed by atoms with E-state index < -0.39 is 11.5 Å². The van der Waals surface area contributed by atoms with E-state index in [1.54, 1.807) is 12.0 Å². The molecule has 2 fully saturated rings. The summed E-state index contributed by atoms with van der Waals surface area (Å²) >= 11 is 0. The van der Waals surface area contributed by atoms with Crippen LogP contribution in [0.1, 0.15) is 37.3 Å². The van der Waals surface area contributed by atoms with Gasteiger partial charge in [0.05, 0.1) is 43.7 Å². The number of fused-ring (bicyclic) bond motifs is 5. The monoisotopic (exact) mass is 535 g/mol. The summed E-state index contributed by atoms with van der Waals surface area (Å²) in [6.45, 7) is 3.87. The van der Waals surface area contributed by atoms with Gasteiger partial charge in [0.1, 0.15) is 11.5 Å². The van der Waals surface area contributed by atoms with E-state index in [-0.39, 0.29) is 36.8 Å². The summed E-state index contributed by atoms with van der Waals surface area (Å²) < 4.78 is 17.8. The molecule has 9 heteroatoms. The third-order valence-corrected chi connectivity index (χ3v) is 7.83. The number of nitrogens with zero attached hydrogens (tertiary/aromatic N) is 2. The van der Waals surface area contributed by atoms with Gasteiger partial charge in [-0.15, -0.1) is 0 Å². The summed E-state index contributed by atoms with van der Waals surface area (Å²) in [5, 5.41) is 3.09. The van der Waals surface area contributed by atoms with Gasteiger partial charge in [-0.1, -0.05) is 24.3 Å². The molecular formula is C30H37N3O6. The number of likely N-dealkylation sites (tertiary alicyclic amines) is 1. The third kappa shape index (κ3) is 6.42. The van der Waals surface area contributed by atoms with E-state index in [9.17, 15) is 14.4 Å². The number of carbonyl (C=O) groups excluding carboxylic acids is 3. The van der Waals surface area contributed by atoms with Crippen LogP contribution < -0.4 is 10.1 Å². The highest BCUT2D eigenvalue weighted by atomic mass is 16.5. The molecule has 2 aromatic carbocycles. The predicted octanol–water partition coefficient (Wildman–Crippen LogP) is 2.91. The van der Waals surface area contributed by atoms with Gasteiger partial charge in [-0.25, -0.2) is 0 Å². The average Bonchev–Trinajstić information content (AvgIpc) is 3.71. The van der Waals surface area contributed by atoms with Crippen LogP contribution in [0.4, 0.5) is 0 Å². The molecule has 1 aliphatic carbocycles. The second kappa shape index (κ2) is 11.8. The summed E-state index contributed by atoms with van der Waals surface area (Å²) in [6, 6.07) is 14.8. The lowest BCUT2D eigenvalue weighted by atomic mass is 9.98. The lowest BCUT2D eigenvalue weighted by molar-refractivity contribution is -0.144. The Kier molecular flexibility index (Phi) is 8.18. The van der Waals surface area contributed by atoms with Crippen LogP contribution in [0.3, 0.4) is 0 Å². The van der Waals surface area contributed by atoms with Crippen molar-refractivity contribution >= 4 is 17.7 Å². The van der Waals surface area contributed by atoms with E-state index >= 15 is 0 Å². The largest absolute Gasteiger partial charge is 0.457 e. The molecule has 1 N–H and O–H groups in total. The minimum atomic E-state index is -0.439. The Morgan fingerprint density at radius 3 is 2.51 bits per heavy atom. The zero-order valence-electron chi connectivity index (χ0n) is 22.7. The van der Waals surface area contributed by atoms with Crippen LogP contribution in [0.25, 0.3) is 0 Å². The lowest BCUT2D eigenvalue weighted by Gasteiger charge is -2.40. The molecule has 1 saturated heterocycles. The van der Waals surface area contributed by atoms with Crippen molar-refractivity contribution in [2.45, 2.75) is 51.4 Å². The highest BCUT2D eigenvalue weighted by Gasteiger charge is 2.52. The van der Waals surface area contributed by atoms with Crippen molar-refractivity contribution in [1.82, 2.24) is 15.1 Å². The van der Waals surface area contributed by atoms with E-state index in [2.05, 4.69) is 5.32 Å². The van der Waals surface area contributed by atoms with Crippen LogP contribution in [-0.4, -0.2) is 79.6 Å². The molecule has 0 spiro atoms. The number of nitrogens with one attached hydrogen (secondary N) is 1. The zero-order chi connectivity index (χ0) is 27.4. The maximum Gasteiger partial charge on any atom is 0.239 e. The summed E-state index contributed by atoms with van der Waals surface area (Å²) in [7, 11) is 1.62. The van der Waals surface area contributed by atoms with Crippen molar-refractivity contribution < 1.29 is 28.6 Å². The minimum absolute atomic E-state index is 0.0585. The first-order valence-electron chi connectivity index (χ1n) is 13.7. The van der Waals surface area contributed by atoms with Gasteiger partial charge in [0.15, 0.2) is 0 Å². The van der Waals surface area contributed by atoms with Gasteiger partial charge in [-0.2, -0.15) is 0 Å². The van der Waals surface area contributed by atoms with Crippen molar-refractivity contribution in [3.05, 3.63) is 59.7 Å². The van der Waals surface area contributed by atoms with E-state index in [1.165, 1.54) is 0 Å². The molecule has 0 aromatic heterocycles. The number of benzene rings is 2. The number of hydrogen-bond donors (Lipinski definition) is 1. The maximum absolute atomic E-state index is 13.4. The van der Waals surface area contributed by atoms with Gasteiger partial charge < -0.3 is 29.3 Å². The number of ether oxygens (including phenoxy) is 3. The first-order valence-corrected chi connectivity index (χ1v) is 13.7. The normalized spacial score (nSPS) is 23.2. The smallest absolute Gasteiger partial charge is 0.239 e. The van der Waals surface area contributed by atoms with E-state index in [1.807, 2.05) is 60.4 Å². The molecule has 9 nitrogen and oxygen atoms in total. The third-order valence-electron chi connectivity index (χ3n) is 7.83. The number of methoxy groups -OCH3 is 1. The van der Waals surface area contributed by atoms with Gasteiger partial charge in [-0.05, 0) is 61.6 Å². The summed E-state index contributed by atoms with van der Waals surface area (Å²) in [4.78, 5) is 43.0. The fourth-order valence-electron chi connectivity index (χ4n) is 5.48. The Morgan fingerprint density at radius 1 is 1.10 bits per heavy atom. The van der Waals surface area contributed by atoms with Gasteiger partial charge in [0.25, 0.3) is 0 Å². The van der Waals surface area contributed by atoms with Crippen molar-refractivity contribution in [3.63, 3.8) is 0 Å². The van der Waals surface area contributed by atoms with Crippen LogP contribution in [-0.2, 0) is 36.9 Å². The van der Waals surface area contributed by atoms with Crippen molar-refractivity contribution in [2.75, 3.05) is 39.9 Å². The standard InChI is InChI=1S/C30H37N3O6/c1-3-32-18-27(34)31-25-17-33(29(36)30(11-12-30)20-37-2)13-10-26(25)38-19-22-7-5-9-24(15-22)39-23-8-4-6-21(14-23)16-28(32)35/h4-9,14-15,25-26H,3,10-13,16-20H2,1-2H3,(H,31,34)/t25-,26-/m0/s1. The van der Waals surface area contributed by atoms with Crippen LogP contribution in [0.15, 0.2) is 48.5 Å². The molecule has 39 heavy (non-hydrogen) atoms. The Bertz CT molecular complexity index is 1210. The van der Waals surface area contributed by atoms with Gasteiger partial charge in [0, 0.05) is 26.7 Å². The van der Waals surface area contributed by atoms with Crippen LogP contribution in [0, 0.1) is 5.41 Å². The molecule has 2 aromatic rings. The molecule has 5 rings (SSSR count). The minimum Gasteiger partial charge on any atom is -0.457 e. The summed E-state index contributed by atoms with van der Waals surface area (Å²) in [6.07, 6.45) is 2.12. The Balaban J connectivity index is 1.38. The Morgan fingerprint density at radius 2 is 1.82 bits per heavy atom. The number of piperidine rings is 1. The lowest BCUT2D eigenvalue weighted by Crippen LogP contribution is -2.59. The van der Waals surface area contributed by atoms with Gasteiger partial charge >= 0.3 is 0 Å². The Hall–Kier alpha value is -3.43. The zero-order valence-corrected chi connectivity index (χ0v) is 22.7. The van der Waals surface area contributed by atoms with Crippen LogP contribution >= 0.6 is 0 Å². The second-order valence-corrected chi connectivity index (χ2v) is 10.8. The Labute approximate surface area is 229 Å². The van der Waals surface area contributed by atoms with Crippen molar-refractivity contribution in [1.29, 1.82) is 0 Å². The molecule has 4 bridgehead atoms. The predicted molar refractivity (Wildman–Crippen MR) is 144 cm³/mol. The van der Waals surface area contributed by atoms with E-state index in [0.29, 0.717) is 50.8 Å². The van der Waals surface area contributed by atoms with Crippen molar-refractivity contribution in [2.24, 2.45) is 5.41 Å². The molecule has 3 aliphatic rings. The SMILES string of the molecule is CCN1CC(=O)N[C@H]2CN(C(=O)C3(COC)CC3)CC[C@@H]2OCc2cccc(c2)Oc2cccc(c2)CC1=O. The number of carbonyl (C=O) groups is 3. The van der Waals surface area contributed by atoms with Crippen LogP contribution in [0.5, 0.6) is 11.5 Å². The molecule has 2 atom stereocenters.